The average molecular weight is 331 g/mol. The first-order valence-corrected chi connectivity index (χ1v) is 9.15. The molecule has 6 nitrogen and oxygen atoms in total. The van der Waals surface area contributed by atoms with Gasteiger partial charge in [0.2, 0.25) is 5.91 Å². The molecule has 2 N–H and O–H groups in total. The number of hydrogen-bond donors (Lipinski definition) is 2. The zero-order chi connectivity index (χ0) is 16.0. The summed E-state index contributed by atoms with van der Waals surface area (Å²) in [5.74, 6) is -1.81. The summed E-state index contributed by atoms with van der Waals surface area (Å²) in [5.41, 5.74) is 0.866. The Labute approximate surface area is 127 Å². The Hall–Kier alpha value is -1.41. The molecular formula is C13H17NO5S2. The molecule has 0 radical (unpaired) electrons. The van der Waals surface area contributed by atoms with E-state index in [0.717, 1.165) is 29.5 Å². The molecule has 1 heterocycles. The van der Waals surface area contributed by atoms with Crippen LogP contribution in [0.3, 0.4) is 0 Å². The predicted octanol–water partition coefficient (Wildman–Crippen LogP) is 1.70. The minimum absolute atomic E-state index is 0.102. The zero-order valence-corrected chi connectivity index (χ0v) is 13.7. The number of carboxylic acid groups (broad SMARTS) is 1. The van der Waals surface area contributed by atoms with Crippen molar-refractivity contribution in [2.24, 2.45) is 0 Å². The summed E-state index contributed by atoms with van der Waals surface area (Å²) in [6.45, 7) is 2.61. The Balaban J connectivity index is 2.38. The maximum atomic E-state index is 12.2. The Bertz CT molecular complexity index is 715. The van der Waals surface area contributed by atoms with E-state index in [9.17, 15) is 23.1 Å². The monoisotopic (exact) mass is 331 g/mol. The van der Waals surface area contributed by atoms with E-state index >= 15 is 0 Å². The van der Waals surface area contributed by atoms with Gasteiger partial charge in [-0.1, -0.05) is 0 Å². The largest absolute Gasteiger partial charge is 0.478 e. The van der Waals surface area contributed by atoms with Crippen molar-refractivity contribution in [2.45, 2.75) is 37.9 Å². The van der Waals surface area contributed by atoms with Crippen LogP contribution in [0.1, 0.15) is 41.1 Å². The van der Waals surface area contributed by atoms with E-state index in [1.54, 1.807) is 0 Å². The fourth-order valence-corrected chi connectivity index (χ4v) is 3.80. The number of hydrogen-bond acceptors (Lipinski definition) is 5. The lowest BCUT2D eigenvalue weighted by Gasteiger charge is -2.21. The lowest BCUT2D eigenvalue weighted by molar-refractivity contribution is -0.117. The first-order chi connectivity index (χ1) is 9.55. The number of carbonyl (C=O) groups excluding carboxylic acids is 1. The Morgan fingerprint density at radius 2 is 1.90 bits per heavy atom. The summed E-state index contributed by atoms with van der Waals surface area (Å²) < 4.78 is 21.7. The van der Waals surface area contributed by atoms with Crippen LogP contribution >= 0.6 is 11.3 Å². The zero-order valence-electron chi connectivity index (χ0n) is 12.0. The number of amides is 1. The third kappa shape index (κ3) is 2.69. The number of aryl methyl sites for hydroxylation is 1. The Morgan fingerprint density at radius 3 is 2.43 bits per heavy atom. The Kier molecular flexibility index (Phi) is 3.88. The Morgan fingerprint density at radius 1 is 1.29 bits per heavy atom. The average Bonchev–Trinajstić information content (AvgIpc) is 2.86. The van der Waals surface area contributed by atoms with Crippen molar-refractivity contribution in [1.29, 1.82) is 0 Å². The maximum Gasteiger partial charge on any atom is 0.339 e. The number of anilines is 1. The summed E-state index contributed by atoms with van der Waals surface area (Å²) in [7, 11) is -3.60. The van der Waals surface area contributed by atoms with Crippen LogP contribution in [0.4, 0.5) is 5.00 Å². The number of carboxylic acids is 1. The first-order valence-electron chi connectivity index (χ1n) is 6.44. The van der Waals surface area contributed by atoms with E-state index < -0.39 is 26.5 Å². The van der Waals surface area contributed by atoms with Crippen LogP contribution in [-0.2, 0) is 27.5 Å². The van der Waals surface area contributed by atoms with Gasteiger partial charge in [0.25, 0.3) is 0 Å². The van der Waals surface area contributed by atoms with Crippen molar-refractivity contribution < 1.29 is 23.1 Å². The van der Waals surface area contributed by atoms with Gasteiger partial charge in [-0.25, -0.2) is 13.2 Å². The summed E-state index contributed by atoms with van der Waals surface area (Å²) >= 11 is 1.22. The summed E-state index contributed by atoms with van der Waals surface area (Å²) in [5, 5.41) is 12.0. The minimum Gasteiger partial charge on any atom is -0.478 e. The van der Waals surface area contributed by atoms with Crippen molar-refractivity contribution in [3.8, 4) is 0 Å². The molecule has 0 aliphatic heterocycles. The van der Waals surface area contributed by atoms with Crippen LogP contribution < -0.4 is 5.32 Å². The standard InChI is InChI=1S/C13H17NO5S2/c1-13(2,21(3,18)19)12(17)14-10-9(11(15)16)7-5-4-6-8(7)20-10/h4-6H2,1-3H3,(H,14,17)(H,15,16). The molecule has 1 aromatic heterocycles. The molecule has 21 heavy (non-hydrogen) atoms. The second-order valence-electron chi connectivity index (χ2n) is 5.60. The SMILES string of the molecule is CC(C)(C(=O)Nc1sc2c(c1C(=O)O)CCC2)S(C)(=O)=O. The predicted molar refractivity (Wildman–Crippen MR) is 80.9 cm³/mol. The van der Waals surface area contributed by atoms with Crippen molar-refractivity contribution in [1.82, 2.24) is 0 Å². The minimum atomic E-state index is -3.60. The topological polar surface area (TPSA) is 101 Å². The van der Waals surface area contributed by atoms with E-state index in [-0.39, 0.29) is 10.6 Å². The second-order valence-corrected chi connectivity index (χ2v) is 9.27. The van der Waals surface area contributed by atoms with Crippen molar-refractivity contribution in [3.05, 3.63) is 16.0 Å². The van der Waals surface area contributed by atoms with Gasteiger partial charge < -0.3 is 10.4 Å². The number of rotatable bonds is 4. The van der Waals surface area contributed by atoms with Gasteiger partial charge in [0.15, 0.2) is 9.84 Å². The molecule has 0 saturated carbocycles. The molecule has 0 saturated heterocycles. The molecule has 1 aliphatic carbocycles. The molecule has 2 rings (SSSR count). The molecule has 8 heteroatoms. The number of thiophene rings is 1. The molecule has 116 valence electrons. The van der Waals surface area contributed by atoms with Gasteiger partial charge in [0.1, 0.15) is 9.75 Å². The fourth-order valence-electron chi connectivity index (χ4n) is 2.14. The molecular weight excluding hydrogens is 314 g/mol. The smallest absolute Gasteiger partial charge is 0.339 e. The molecule has 0 aromatic carbocycles. The van der Waals surface area contributed by atoms with Gasteiger partial charge >= 0.3 is 5.97 Å². The summed E-state index contributed by atoms with van der Waals surface area (Å²) in [6, 6.07) is 0. The molecule has 1 aromatic rings. The van der Waals surface area contributed by atoms with E-state index in [4.69, 9.17) is 0 Å². The molecule has 0 unspecified atom stereocenters. The highest BCUT2D eigenvalue weighted by Gasteiger charge is 2.39. The highest BCUT2D eigenvalue weighted by molar-refractivity contribution is 7.92. The van der Waals surface area contributed by atoms with Gasteiger partial charge in [-0.2, -0.15) is 0 Å². The number of aromatic carboxylic acids is 1. The van der Waals surface area contributed by atoms with Crippen molar-refractivity contribution >= 4 is 38.1 Å². The van der Waals surface area contributed by atoms with Gasteiger partial charge in [-0.3, -0.25) is 4.79 Å². The van der Waals surface area contributed by atoms with Gasteiger partial charge in [-0.05, 0) is 38.7 Å². The molecule has 1 aliphatic rings. The molecule has 1 amide bonds. The number of sulfone groups is 1. The van der Waals surface area contributed by atoms with Gasteiger partial charge in [0.05, 0.1) is 5.56 Å². The van der Waals surface area contributed by atoms with Crippen LogP contribution in [-0.4, -0.2) is 36.4 Å². The quantitative estimate of drug-likeness (QED) is 0.874. The van der Waals surface area contributed by atoms with Gasteiger partial charge in [-0.15, -0.1) is 11.3 Å². The van der Waals surface area contributed by atoms with Crippen LogP contribution in [0.15, 0.2) is 0 Å². The number of fused-ring (bicyclic) bond motifs is 1. The van der Waals surface area contributed by atoms with Crippen LogP contribution in [0, 0.1) is 0 Å². The van der Waals surface area contributed by atoms with Crippen molar-refractivity contribution in [2.75, 3.05) is 11.6 Å². The molecule has 0 spiro atoms. The number of carbonyl (C=O) groups is 2. The highest BCUT2D eigenvalue weighted by atomic mass is 32.2. The number of nitrogens with one attached hydrogen (secondary N) is 1. The van der Waals surface area contributed by atoms with E-state index in [0.29, 0.717) is 6.42 Å². The summed E-state index contributed by atoms with van der Waals surface area (Å²) in [4.78, 5) is 24.6. The normalized spacial score (nSPS) is 14.8. The highest BCUT2D eigenvalue weighted by Crippen LogP contribution is 2.39. The molecule has 0 fully saturated rings. The first kappa shape index (κ1) is 16.0. The third-order valence-electron chi connectivity index (χ3n) is 3.84. The second kappa shape index (κ2) is 5.10. The lowest BCUT2D eigenvalue weighted by atomic mass is 10.1. The van der Waals surface area contributed by atoms with Crippen molar-refractivity contribution in [3.63, 3.8) is 0 Å². The molecule has 0 atom stereocenters. The van der Waals surface area contributed by atoms with Crippen LogP contribution in [0.5, 0.6) is 0 Å². The third-order valence-corrected chi connectivity index (χ3v) is 7.08. The molecule has 0 bridgehead atoms. The van der Waals surface area contributed by atoms with Gasteiger partial charge in [0, 0.05) is 11.1 Å². The van der Waals surface area contributed by atoms with Crippen LogP contribution in [0.25, 0.3) is 0 Å². The fraction of sp³-hybridized carbons (Fsp3) is 0.538. The lowest BCUT2D eigenvalue weighted by Crippen LogP contribution is -2.43. The van der Waals surface area contributed by atoms with E-state index in [1.807, 2.05) is 0 Å². The summed E-state index contributed by atoms with van der Waals surface area (Å²) in [6.07, 6.45) is 3.37. The van der Waals surface area contributed by atoms with E-state index in [2.05, 4.69) is 5.32 Å². The maximum absolute atomic E-state index is 12.2. The van der Waals surface area contributed by atoms with E-state index in [1.165, 1.54) is 25.2 Å². The van der Waals surface area contributed by atoms with Crippen LogP contribution in [0.2, 0.25) is 0 Å².